The van der Waals surface area contributed by atoms with Crippen molar-refractivity contribution in [2.75, 3.05) is 20.2 Å². The van der Waals surface area contributed by atoms with Gasteiger partial charge in [-0.25, -0.2) is 5.43 Å². The van der Waals surface area contributed by atoms with Crippen LogP contribution in [0.2, 0.25) is 0 Å². The van der Waals surface area contributed by atoms with Crippen LogP contribution in [-0.4, -0.2) is 47.7 Å². The summed E-state index contributed by atoms with van der Waals surface area (Å²) in [7, 11) is 1.64. The summed E-state index contributed by atoms with van der Waals surface area (Å²) in [5, 5.41) is 3.96. The quantitative estimate of drug-likeness (QED) is 0.511. The van der Waals surface area contributed by atoms with E-state index >= 15 is 0 Å². The van der Waals surface area contributed by atoms with E-state index in [1.54, 1.807) is 18.2 Å². The third kappa shape index (κ3) is 4.02. The van der Waals surface area contributed by atoms with Gasteiger partial charge in [0, 0.05) is 35.7 Å². The molecule has 2 amide bonds. The first-order valence-corrected chi connectivity index (χ1v) is 8.97. The number of methoxy groups -OCH3 is 1. The maximum Gasteiger partial charge on any atom is 0.329 e. The van der Waals surface area contributed by atoms with Crippen molar-refractivity contribution < 1.29 is 14.3 Å². The lowest BCUT2D eigenvalue weighted by molar-refractivity contribution is -0.145. The van der Waals surface area contributed by atoms with Crippen molar-refractivity contribution in [3.63, 3.8) is 0 Å². The van der Waals surface area contributed by atoms with Gasteiger partial charge >= 0.3 is 11.8 Å². The molecule has 0 radical (unpaired) electrons. The number of nitrogens with zero attached hydrogens (tertiary/aromatic N) is 3. The van der Waals surface area contributed by atoms with Gasteiger partial charge in [-0.1, -0.05) is 0 Å². The Morgan fingerprint density at radius 3 is 2.44 bits per heavy atom. The molecule has 27 heavy (non-hydrogen) atoms. The van der Waals surface area contributed by atoms with Crippen molar-refractivity contribution in [3.8, 4) is 11.4 Å². The number of aryl methyl sites for hydroxylation is 1. The summed E-state index contributed by atoms with van der Waals surface area (Å²) in [6.45, 7) is 5.26. The van der Waals surface area contributed by atoms with E-state index in [2.05, 4.69) is 15.1 Å². The summed E-state index contributed by atoms with van der Waals surface area (Å²) < 4.78 is 7.30. The molecule has 0 saturated carbocycles. The van der Waals surface area contributed by atoms with Crippen LogP contribution in [0.1, 0.15) is 29.8 Å². The molecule has 1 N–H and O–H groups in total. The molecule has 2 aromatic rings. The molecule has 1 fully saturated rings. The number of rotatable bonds is 4. The molecule has 3 rings (SSSR count). The van der Waals surface area contributed by atoms with Crippen molar-refractivity contribution in [1.29, 1.82) is 0 Å². The van der Waals surface area contributed by atoms with E-state index in [4.69, 9.17) is 4.74 Å². The van der Waals surface area contributed by atoms with Crippen LogP contribution in [0.15, 0.2) is 35.4 Å². The number of amides is 2. The minimum atomic E-state index is -0.697. The molecule has 142 valence electrons. The number of likely N-dealkylation sites (tertiary alicyclic amines) is 1. The summed E-state index contributed by atoms with van der Waals surface area (Å²) >= 11 is 0. The molecule has 7 nitrogen and oxygen atoms in total. The minimum Gasteiger partial charge on any atom is -0.497 e. The van der Waals surface area contributed by atoms with Crippen LogP contribution in [0.5, 0.6) is 5.75 Å². The molecule has 0 unspecified atom stereocenters. The molecule has 1 aliphatic heterocycles. The Balaban J connectivity index is 1.71. The van der Waals surface area contributed by atoms with E-state index in [0.717, 1.165) is 41.2 Å². The van der Waals surface area contributed by atoms with Crippen LogP contribution in [-0.2, 0) is 9.59 Å². The van der Waals surface area contributed by atoms with Crippen LogP contribution in [0.4, 0.5) is 0 Å². The molecular formula is C20H24N4O3. The molecule has 2 heterocycles. The highest BCUT2D eigenvalue weighted by molar-refractivity contribution is 6.35. The number of aromatic nitrogens is 1. The first kappa shape index (κ1) is 18.7. The second-order valence-electron chi connectivity index (χ2n) is 6.56. The number of ether oxygens (including phenoxy) is 1. The van der Waals surface area contributed by atoms with Crippen molar-refractivity contribution in [1.82, 2.24) is 14.9 Å². The number of hydrogen-bond acceptors (Lipinski definition) is 4. The van der Waals surface area contributed by atoms with E-state index in [0.29, 0.717) is 13.1 Å². The van der Waals surface area contributed by atoms with Gasteiger partial charge in [0.05, 0.1) is 13.3 Å². The number of carbonyl (C=O) groups is 2. The second-order valence-corrected chi connectivity index (χ2v) is 6.56. The van der Waals surface area contributed by atoms with Gasteiger partial charge in [0.2, 0.25) is 0 Å². The molecule has 0 atom stereocenters. The standard InChI is InChI=1S/C20H24N4O3/c1-14-12-16(13-21-22-19(25)20(26)23-10-4-5-11-23)15(2)24(14)17-6-8-18(27-3)9-7-17/h6-9,12-13H,4-5,10-11H2,1-3H3,(H,22,25)/b21-13-. The van der Waals surface area contributed by atoms with Gasteiger partial charge < -0.3 is 14.2 Å². The van der Waals surface area contributed by atoms with E-state index in [1.165, 1.54) is 0 Å². The monoisotopic (exact) mass is 368 g/mol. The molecule has 7 heteroatoms. The molecule has 0 aliphatic carbocycles. The van der Waals surface area contributed by atoms with Crippen LogP contribution in [0, 0.1) is 13.8 Å². The third-order valence-corrected chi connectivity index (χ3v) is 4.76. The van der Waals surface area contributed by atoms with Crippen molar-refractivity contribution in [2.45, 2.75) is 26.7 Å². The number of hydrazone groups is 1. The zero-order valence-electron chi connectivity index (χ0n) is 15.9. The van der Waals surface area contributed by atoms with Crippen LogP contribution in [0.25, 0.3) is 5.69 Å². The van der Waals surface area contributed by atoms with Gasteiger partial charge in [0.15, 0.2) is 0 Å². The minimum absolute atomic E-state index is 0.520. The van der Waals surface area contributed by atoms with Gasteiger partial charge in [0.25, 0.3) is 0 Å². The maximum absolute atomic E-state index is 12.0. The molecule has 1 aliphatic rings. The zero-order valence-corrected chi connectivity index (χ0v) is 15.9. The van der Waals surface area contributed by atoms with E-state index in [9.17, 15) is 9.59 Å². The van der Waals surface area contributed by atoms with Gasteiger partial charge in [-0.2, -0.15) is 5.10 Å². The smallest absolute Gasteiger partial charge is 0.329 e. The molecule has 0 spiro atoms. The van der Waals surface area contributed by atoms with Crippen LogP contribution in [0.3, 0.4) is 0 Å². The van der Waals surface area contributed by atoms with Crippen molar-refractivity contribution in [2.24, 2.45) is 5.10 Å². The fourth-order valence-corrected chi connectivity index (χ4v) is 3.32. The predicted molar refractivity (Wildman–Crippen MR) is 103 cm³/mol. The fourth-order valence-electron chi connectivity index (χ4n) is 3.32. The average Bonchev–Trinajstić information content (AvgIpc) is 3.30. The maximum atomic E-state index is 12.0. The summed E-state index contributed by atoms with van der Waals surface area (Å²) in [5.41, 5.74) is 6.25. The van der Waals surface area contributed by atoms with Crippen molar-refractivity contribution >= 4 is 18.0 Å². The summed E-state index contributed by atoms with van der Waals surface area (Å²) in [6.07, 6.45) is 3.46. The number of carbonyl (C=O) groups excluding carboxylic acids is 2. The lowest BCUT2D eigenvalue weighted by Crippen LogP contribution is -2.39. The zero-order chi connectivity index (χ0) is 19.4. The Bertz CT molecular complexity index is 862. The first-order valence-electron chi connectivity index (χ1n) is 8.97. The van der Waals surface area contributed by atoms with Gasteiger partial charge in [-0.3, -0.25) is 9.59 Å². The van der Waals surface area contributed by atoms with Crippen LogP contribution >= 0.6 is 0 Å². The number of benzene rings is 1. The SMILES string of the molecule is COc1ccc(-n2c(C)cc(/C=N\NC(=O)C(=O)N3CCCC3)c2C)cc1. The number of hydrogen-bond donors (Lipinski definition) is 1. The average molecular weight is 368 g/mol. The lowest BCUT2D eigenvalue weighted by atomic mass is 10.2. The summed E-state index contributed by atoms with van der Waals surface area (Å²) in [6, 6.07) is 9.77. The van der Waals surface area contributed by atoms with Gasteiger partial charge in [-0.05, 0) is 57.0 Å². The van der Waals surface area contributed by atoms with Crippen molar-refractivity contribution in [3.05, 3.63) is 47.3 Å². The highest BCUT2D eigenvalue weighted by Gasteiger charge is 2.24. The Morgan fingerprint density at radius 1 is 1.15 bits per heavy atom. The molecule has 0 bridgehead atoms. The summed E-state index contributed by atoms with van der Waals surface area (Å²) in [4.78, 5) is 25.5. The van der Waals surface area contributed by atoms with E-state index in [1.807, 2.05) is 44.2 Å². The Hall–Kier alpha value is -3.09. The molecule has 1 aromatic carbocycles. The Kier molecular flexibility index (Phi) is 5.59. The lowest BCUT2D eigenvalue weighted by Gasteiger charge is -2.12. The number of nitrogens with one attached hydrogen (secondary N) is 1. The largest absolute Gasteiger partial charge is 0.497 e. The predicted octanol–water partition coefficient (Wildman–Crippen LogP) is 2.18. The Labute approximate surface area is 158 Å². The highest BCUT2D eigenvalue weighted by Crippen LogP contribution is 2.21. The normalized spacial score (nSPS) is 14.0. The van der Waals surface area contributed by atoms with Gasteiger partial charge in [-0.15, -0.1) is 0 Å². The molecular weight excluding hydrogens is 344 g/mol. The molecule has 1 saturated heterocycles. The first-order chi connectivity index (χ1) is 13.0. The second kappa shape index (κ2) is 8.07. The van der Waals surface area contributed by atoms with E-state index < -0.39 is 11.8 Å². The highest BCUT2D eigenvalue weighted by atomic mass is 16.5. The topological polar surface area (TPSA) is 75.9 Å². The Morgan fingerprint density at radius 2 is 1.81 bits per heavy atom. The third-order valence-electron chi connectivity index (χ3n) is 4.76. The summed E-state index contributed by atoms with van der Waals surface area (Å²) in [5.74, 6) is -0.418. The van der Waals surface area contributed by atoms with E-state index in [-0.39, 0.29) is 0 Å². The van der Waals surface area contributed by atoms with Gasteiger partial charge in [0.1, 0.15) is 5.75 Å². The fraction of sp³-hybridized carbons (Fsp3) is 0.350. The molecule has 1 aromatic heterocycles. The van der Waals surface area contributed by atoms with Crippen LogP contribution < -0.4 is 10.2 Å².